The molecule has 0 saturated heterocycles. The number of hydrogen-bond acceptors (Lipinski definition) is 3. The van der Waals surface area contributed by atoms with Crippen LogP contribution < -0.4 is 5.32 Å². The number of nitrogens with one attached hydrogen (secondary N) is 1. The predicted octanol–water partition coefficient (Wildman–Crippen LogP) is 1.26. The van der Waals surface area contributed by atoms with Gasteiger partial charge in [-0.15, -0.1) is 0 Å². The van der Waals surface area contributed by atoms with Crippen LogP contribution >= 0.6 is 0 Å². The van der Waals surface area contributed by atoms with Crippen LogP contribution in [0.2, 0.25) is 0 Å². The molecule has 0 fully saturated rings. The van der Waals surface area contributed by atoms with Gasteiger partial charge in [0, 0.05) is 39.1 Å². The zero-order valence-electron chi connectivity index (χ0n) is 11.6. The van der Waals surface area contributed by atoms with Crippen LogP contribution in [0.5, 0.6) is 0 Å². The van der Waals surface area contributed by atoms with Gasteiger partial charge in [0.05, 0.1) is 0 Å². The summed E-state index contributed by atoms with van der Waals surface area (Å²) in [5.41, 5.74) is 1.01. The van der Waals surface area contributed by atoms with E-state index in [9.17, 15) is 8.42 Å². The van der Waals surface area contributed by atoms with E-state index in [1.54, 1.807) is 26.4 Å². The number of rotatable bonds is 7. The van der Waals surface area contributed by atoms with Gasteiger partial charge in [-0.1, -0.05) is 13.8 Å². The Morgan fingerprint density at radius 2 is 2.00 bits per heavy atom. The molecular weight excluding hydrogens is 250 g/mol. The van der Waals surface area contributed by atoms with E-state index >= 15 is 0 Å². The summed E-state index contributed by atoms with van der Waals surface area (Å²) in [6.45, 7) is 6.51. The molecule has 0 aliphatic rings. The summed E-state index contributed by atoms with van der Waals surface area (Å²) in [6, 6.07) is 1.76. The summed E-state index contributed by atoms with van der Waals surface area (Å²) in [6.07, 6.45) is 2.71. The first kappa shape index (κ1) is 15.2. The first-order valence-corrected chi connectivity index (χ1v) is 7.69. The fourth-order valence-electron chi connectivity index (χ4n) is 1.73. The highest BCUT2D eigenvalue weighted by Crippen LogP contribution is 2.17. The second kappa shape index (κ2) is 6.36. The molecule has 0 saturated carbocycles. The van der Waals surface area contributed by atoms with Crippen molar-refractivity contribution >= 4 is 10.0 Å². The van der Waals surface area contributed by atoms with E-state index in [4.69, 9.17) is 0 Å². The van der Waals surface area contributed by atoms with Gasteiger partial charge in [0.1, 0.15) is 4.90 Å². The van der Waals surface area contributed by atoms with Crippen molar-refractivity contribution in [2.24, 2.45) is 0 Å². The Morgan fingerprint density at radius 3 is 2.50 bits per heavy atom. The first-order chi connectivity index (χ1) is 8.43. The van der Waals surface area contributed by atoms with Crippen LogP contribution in [0.4, 0.5) is 0 Å². The highest BCUT2D eigenvalue weighted by molar-refractivity contribution is 7.89. The van der Waals surface area contributed by atoms with Gasteiger partial charge in [-0.25, -0.2) is 12.7 Å². The van der Waals surface area contributed by atoms with Gasteiger partial charge in [-0.05, 0) is 19.0 Å². The lowest BCUT2D eigenvalue weighted by atomic mass is 10.4. The standard InChI is InChI=1S/C12H23N3O2S/c1-5-7-15-10-12(18(16,17)14(3)4)8-11(15)9-13-6-2/h8,10,13H,5-7,9H2,1-4H3. The van der Waals surface area contributed by atoms with Gasteiger partial charge in [-0.3, -0.25) is 0 Å². The molecular formula is C12H23N3O2S. The minimum Gasteiger partial charge on any atom is -0.349 e. The Bertz CT molecular complexity index is 478. The molecule has 5 nitrogen and oxygen atoms in total. The molecule has 1 aromatic heterocycles. The third-order valence-electron chi connectivity index (χ3n) is 2.76. The fourth-order valence-corrected chi connectivity index (χ4v) is 2.69. The lowest BCUT2D eigenvalue weighted by Gasteiger charge is -2.08. The van der Waals surface area contributed by atoms with Crippen LogP contribution in [0.1, 0.15) is 26.0 Å². The van der Waals surface area contributed by atoms with Gasteiger partial charge in [0.2, 0.25) is 10.0 Å². The van der Waals surface area contributed by atoms with Crippen molar-refractivity contribution in [2.75, 3.05) is 20.6 Å². The molecule has 0 spiro atoms. The first-order valence-electron chi connectivity index (χ1n) is 6.25. The highest BCUT2D eigenvalue weighted by Gasteiger charge is 2.20. The maximum atomic E-state index is 12.1. The van der Waals surface area contributed by atoms with Crippen LogP contribution in [-0.2, 0) is 23.1 Å². The van der Waals surface area contributed by atoms with Gasteiger partial charge in [-0.2, -0.15) is 0 Å². The van der Waals surface area contributed by atoms with Gasteiger partial charge >= 0.3 is 0 Å². The van der Waals surface area contributed by atoms with E-state index in [1.807, 2.05) is 11.5 Å². The molecule has 0 radical (unpaired) electrons. The molecule has 1 rings (SSSR count). The van der Waals surface area contributed by atoms with E-state index in [0.717, 1.165) is 25.2 Å². The third-order valence-corrected chi connectivity index (χ3v) is 4.54. The van der Waals surface area contributed by atoms with Gasteiger partial charge in [0.15, 0.2) is 0 Å². The molecule has 0 aliphatic carbocycles. The average Bonchev–Trinajstić information content (AvgIpc) is 2.70. The fraction of sp³-hybridized carbons (Fsp3) is 0.667. The highest BCUT2D eigenvalue weighted by atomic mass is 32.2. The lowest BCUT2D eigenvalue weighted by Crippen LogP contribution is -2.21. The zero-order chi connectivity index (χ0) is 13.8. The minimum atomic E-state index is -3.34. The number of nitrogens with zero attached hydrogens (tertiary/aromatic N) is 2. The quantitative estimate of drug-likeness (QED) is 0.813. The van der Waals surface area contributed by atoms with Crippen LogP contribution in [0.15, 0.2) is 17.2 Å². The van der Waals surface area contributed by atoms with Crippen molar-refractivity contribution < 1.29 is 8.42 Å². The third kappa shape index (κ3) is 3.34. The molecule has 18 heavy (non-hydrogen) atoms. The van der Waals surface area contributed by atoms with Crippen molar-refractivity contribution in [2.45, 2.75) is 38.3 Å². The summed E-state index contributed by atoms with van der Waals surface area (Å²) in [5, 5.41) is 3.23. The molecule has 6 heteroatoms. The van der Waals surface area contributed by atoms with Crippen LogP contribution in [0.25, 0.3) is 0 Å². The van der Waals surface area contributed by atoms with Gasteiger partial charge in [0.25, 0.3) is 0 Å². The lowest BCUT2D eigenvalue weighted by molar-refractivity contribution is 0.520. The summed E-state index contributed by atoms with van der Waals surface area (Å²) in [5.74, 6) is 0. The second-order valence-corrected chi connectivity index (χ2v) is 6.58. The molecule has 0 aliphatic heterocycles. The van der Waals surface area contributed by atoms with Crippen LogP contribution in [0, 0.1) is 0 Å². The van der Waals surface area contributed by atoms with Crippen molar-refractivity contribution in [3.8, 4) is 0 Å². The molecule has 0 unspecified atom stereocenters. The topological polar surface area (TPSA) is 54.3 Å². The monoisotopic (exact) mass is 273 g/mol. The number of aryl methyl sites for hydroxylation is 1. The van der Waals surface area contributed by atoms with Gasteiger partial charge < -0.3 is 9.88 Å². The van der Waals surface area contributed by atoms with Crippen molar-refractivity contribution in [1.82, 2.24) is 14.2 Å². The Kier molecular flexibility index (Phi) is 5.37. The van der Waals surface area contributed by atoms with Crippen LogP contribution in [-0.4, -0.2) is 37.9 Å². The molecule has 104 valence electrons. The molecule has 1 aromatic rings. The summed E-state index contributed by atoms with van der Waals surface area (Å²) in [4.78, 5) is 0.369. The molecule has 0 aromatic carbocycles. The Hall–Kier alpha value is -0.850. The number of hydrogen-bond donors (Lipinski definition) is 1. The average molecular weight is 273 g/mol. The Morgan fingerprint density at radius 1 is 1.33 bits per heavy atom. The second-order valence-electron chi connectivity index (χ2n) is 4.43. The van der Waals surface area contributed by atoms with E-state index in [0.29, 0.717) is 11.4 Å². The largest absolute Gasteiger partial charge is 0.349 e. The summed E-state index contributed by atoms with van der Waals surface area (Å²) in [7, 11) is -0.233. The normalized spacial score (nSPS) is 12.3. The summed E-state index contributed by atoms with van der Waals surface area (Å²) < 4.78 is 27.4. The van der Waals surface area contributed by atoms with Crippen molar-refractivity contribution in [3.63, 3.8) is 0 Å². The molecule has 0 atom stereocenters. The summed E-state index contributed by atoms with van der Waals surface area (Å²) >= 11 is 0. The zero-order valence-corrected chi connectivity index (χ0v) is 12.4. The maximum absolute atomic E-state index is 12.1. The van der Waals surface area contributed by atoms with Crippen LogP contribution in [0.3, 0.4) is 0 Å². The SMILES string of the molecule is CCCn1cc(S(=O)(=O)N(C)C)cc1CNCC. The maximum Gasteiger partial charge on any atom is 0.244 e. The molecule has 0 bridgehead atoms. The minimum absolute atomic E-state index is 0.369. The van der Waals surface area contributed by atoms with E-state index in [2.05, 4.69) is 12.2 Å². The van der Waals surface area contributed by atoms with E-state index < -0.39 is 10.0 Å². The van der Waals surface area contributed by atoms with Crippen molar-refractivity contribution in [1.29, 1.82) is 0 Å². The molecule has 0 amide bonds. The number of aromatic nitrogens is 1. The van der Waals surface area contributed by atoms with Crippen molar-refractivity contribution in [3.05, 3.63) is 18.0 Å². The van der Waals surface area contributed by atoms with E-state index in [1.165, 1.54) is 4.31 Å². The Balaban J connectivity index is 3.09. The number of sulfonamides is 1. The Labute approximate surface area is 110 Å². The van der Waals surface area contributed by atoms with E-state index in [-0.39, 0.29) is 0 Å². The molecule has 1 N–H and O–H groups in total. The predicted molar refractivity (Wildman–Crippen MR) is 73.0 cm³/mol. The molecule has 1 heterocycles. The smallest absolute Gasteiger partial charge is 0.244 e.